The molecule has 0 saturated carbocycles. The fraction of sp³-hybridized carbons (Fsp3) is 0.414. The number of carbonyl (C=O) groups is 6. The van der Waals surface area contributed by atoms with Crippen LogP contribution < -0.4 is 43.5 Å². The van der Waals surface area contributed by atoms with Crippen LogP contribution in [-0.4, -0.2) is 117 Å². The van der Waals surface area contributed by atoms with Crippen molar-refractivity contribution in [1.82, 2.24) is 20.5 Å². The number of anilines is 2. The van der Waals surface area contributed by atoms with E-state index in [0.29, 0.717) is 83.6 Å². The summed E-state index contributed by atoms with van der Waals surface area (Å²) in [6.07, 6.45) is 6.86. The van der Waals surface area contributed by atoms with Crippen molar-refractivity contribution in [1.29, 1.82) is 0 Å². The molecule has 84 heavy (non-hydrogen) atoms. The second-order valence-corrected chi connectivity index (χ2v) is 22.3. The highest BCUT2D eigenvalue weighted by Crippen LogP contribution is 2.37. The molecule has 1 unspecified atom stereocenters. The predicted molar refractivity (Wildman–Crippen MR) is 331 cm³/mol. The number of hydrogen-bond donors (Lipinski definition) is 10. The molecule has 14 N–H and O–H groups in total. The van der Waals surface area contributed by atoms with Crippen LogP contribution in [0.2, 0.25) is 0 Å². The monoisotopic (exact) mass is 1210 g/mol. The molecule has 1 fully saturated rings. The number of amides is 6. The molecule has 7 rings (SSSR count). The van der Waals surface area contributed by atoms with Gasteiger partial charge in [-0.3, -0.25) is 39.5 Å². The van der Waals surface area contributed by atoms with Gasteiger partial charge in [0.15, 0.2) is 0 Å². The third-order valence-electron chi connectivity index (χ3n) is 13.8. The number of unbranched alkanes of at least 4 members (excludes halogenated alkanes) is 6. The summed E-state index contributed by atoms with van der Waals surface area (Å²) < 4.78 is 9.44. The number of carbonyl (C=O) groups excluding carboxylic acids is 6. The summed E-state index contributed by atoms with van der Waals surface area (Å²) in [5.41, 5.74) is 26.7. The molecule has 6 amide bonds. The first-order valence-corrected chi connectivity index (χ1v) is 31.5. The van der Waals surface area contributed by atoms with Gasteiger partial charge in [-0.05, 0) is 54.7 Å². The number of nitrogens with zero attached hydrogens (tertiary/aromatic N) is 4. The zero-order chi connectivity index (χ0) is 61.1. The Hall–Kier alpha value is -6.43. The maximum atomic E-state index is 13.6. The zero-order valence-corrected chi connectivity index (χ0v) is 50.3. The van der Waals surface area contributed by atoms with Crippen LogP contribution in [0.25, 0.3) is 22.8 Å². The summed E-state index contributed by atoms with van der Waals surface area (Å²) in [4.78, 5) is 117. The first kappa shape index (κ1) is 68.4. The minimum Gasteiger partial charge on any atom is -0.397 e. The van der Waals surface area contributed by atoms with Gasteiger partial charge in [0.25, 0.3) is 7.98 Å². The van der Waals surface area contributed by atoms with Crippen molar-refractivity contribution in [2.75, 3.05) is 48.4 Å². The third kappa shape index (κ3) is 20.4. The van der Waals surface area contributed by atoms with E-state index in [9.17, 15) is 28.8 Å². The first-order valence-electron chi connectivity index (χ1n) is 28.1. The molecule has 2 radical (unpaired) electrons. The van der Waals surface area contributed by atoms with Crippen molar-refractivity contribution in [2.45, 2.75) is 116 Å². The number of rotatable bonds is 27. The van der Waals surface area contributed by atoms with E-state index in [4.69, 9.17) is 59.6 Å². The van der Waals surface area contributed by atoms with Crippen molar-refractivity contribution in [2.24, 2.45) is 23.0 Å². The molecule has 3 aliphatic heterocycles. The molecule has 0 aromatic heterocycles. The van der Waals surface area contributed by atoms with Crippen LogP contribution >= 0.6 is 29.0 Å². The summed E-state index contributed by atoms with van der Waals surface area (Å²) in [6.45, 7) is 5.75. The molecular weight excluding hydrogens is 1130 g/mol. The minimum absolute atomic E-state index is 0.0100. The van der Waals surface area contributed by atoms with Gasteiger partial charge in [-0.15, -0.1) is 11.8 Å². The quantitative estimate of drug-likeness (QED) is 0.00804. The molecule has 22 nitrogen and oxygen atoms in total. The lowest BCUT2D eigenvalue weighted by atomic mass is 9.94. The molecule has 3 heterocycles. The average molecular weight is 1210 g/mol. The number of para-hydroxylation sites is 2. The van der Waals surface area contributed by atoms with Gasteiger partial charge in [-0.2, -0.15) is 0 Å². The SMILES string of the molecule is CC.N/C1=C(\N)c2ccccc2N(C(=O)CCC(=O)NCCCCCCOP(O)O)Cc2ccccc21.[B]N(N)/C1=C(\N)c2ccccc2N(C(=O)CCNC(=O)CCN2C(=O)CC(SCCCCCCOP(O)O)C2=O)Cc2ccccc21. The number of benzene rings is 4. The lowest BCUT2D eigenvalue weighted by Crippen LogP contribution is -2.38. The topological polar surface area (TPSA) is 343 Å². The highest BCUT2D eigenvalue weighted by atomic mass is 32.2. The van der Waals surface area contributed by atoms with E-state index in [1.165, 1.54) is 11.8 Å². The zero-order valence-electron chi connectivity index (χ0n) is 47.7. The highest BCUT2D eigenvalue weighted by Gasteiger charge is 2.38. The highest BCUT2D eigenvalue weighted by molar-refractivity contribution is 8.00. The van der Waals surface area contributed by atoms with E-state index in [-0.39, 0.29) is 87.2 Å². The Morgan fingerprint density at radius 2 is 1.07 bits per heavy atom. The van der Waals surface area contributed by atoms with Crippen LogP contribution in [0.4, 0.5) is 11.4 Å². The molecule has 3 aliphatic rings. The Kier molecular flexibility index (Phi) is 29.1. The fourth-order valence-corrected chi connectivity index (χ4v) is 11.3. The van der Waals surface area contributed by atoms with Crippen LogP contribution in [0.5, 0.6) is 0 Å². The fourth-order valence-electron chi connectivity index (χ4n) is 9.57. The van der Waals surface area contributed by atoms with E-state index >= 15 is 0 Å². The van der Waals surface area contributed by atoms with Crippen LogP contribution in [0, 0.1) is 0 Å². The second-order valence-electron chi connectivity index (χ2n) is 19.5. The van der Waals surface area contributed by atoms with E-state index in [1.54, 1.807) is 28.0 Å². The van der Waals surface area contributed by atoms with Gasteiger partial charge in [0, 0.05) is 74.0 Å². The largest absolute Gasteiger partial charge is 0.397 e. The number of likely N-dealkylation sites (tertiary alicyclic amines) is 1. The molecular formula is C58H79BN10O12P2S. The van der Waals surface area contributed by atoms with Crippen LogP contribution in [-0.2, 0) is 50.9 Å². The minimum atomic E-state index is -2.31. The number of imide groups is 1. The average Bonchev–Trinajstić information content (AvgIpc) is 2.26. The van der Waals surface area contributed by atoms with Crippen molar-refractivity contribution in [3.05, 3.63) is 130 Å². The van der Waals surface area contributed by atoms with Crippen LogP contribution in [0.3, 0.4) is 0 Å². The number of nitrogens with one attached hydrogen (secondary N) is 2. The lowest BCUT2D eigenvalue weighted by Gasteiger charge is -2.32. The summed E-state index contributed by atoms with van der Waals surface area (Å²) in [6, 6.07) is 29.6. The Morgan fingerprint density at radius 3 is 1.65 bits per heavy atom. The molecule has 26 heteroatoms. The Bertz CT molecular complexity index is 2920. The van der Waals surface area contributed by atoms with Crippen molar-refractivity contribution in [3.8, 4) is 0 Å². The summed E-state index contributed by atoms with van der Waals surface area (Å²) in [5, 5.41) is 5.14. The van der Waals surface area contributed by atoms with Gasteiger partial charge >= 0.3 is 17.2 Å². The predicted octanol–water partition coefficient (Wildman–Crippen LogP) is 6.11. The van der Waals surface area contributed by atoms with E-state index in [1.807, 2.05) is 92.7 Å². The summed E-state index contributed by atoms with van der Waals surface area (Å²) in [7, 11) is 1.37. The first-order chi connectivity index (χ1) is 40.5. The van der Waals surface area contributed by atoms with Gasteiger partial charge in [0.1, 0.15) is 0 Å². The lowest BCUT2D eigenvalue weighted by molar-refractivity contribution is -0.138. The van der Waals surface area contributed by atoms with Gasteiger partial charge in [0.2, 0.25) is 35.4 Å². The molecule has 4 aromatic carbocycles. The number of fused-ring (bicyclic) bond motifs is 4. The molecule has 0 aliphatic carbocycles. The Balaban J connectivity index is 0.000000311. The number of hydrazine groups is 1. The van der Waals surface area contributed by atoms with Crippen LogP contribution in [0.1, 0.15) is 131 Å². The summed E-state index contributed by atoms with van der Waals surface area (Å²) in [5.74, 6) is 5.18. The number of thioether (sulfide) groups is 1. The van der Waals surface area contributed by atoms with E-state index in [0.717, 1.165) is 77.2 Å². The second kappa shape index (κ2) is 35.8. The van der Waals surface area contributed by atoms with Crippen molar-refractivity contribution in [3.63, 3.8) is 0 Å². The molecule has 4 aromatic rings. The maximum absolute atomic E-state index is 13.6. The third-order valence-corrected chi connectivity index (χ3v) is 15.9. The molecule has 452 valence electrons. The van der Waals surface area contributed by atoms with Gasteiger partial charge in [-0.25, -0.2) is 0 Å². The van der Waals surface area contributed by atoms with Gasteiger partial charge in [-0.1, -0.05) is 124 Å². The molecule has 1 saturated heterocycles. The van der Waals surface area contributed by atoms with Gasteiger partial charge in [0.05, 0.1) is 65.7 Å². The molecule has 1 atom stereocenters. The number of nitrogens with two attached hydrogens (primary N) is 4. The van der Waals surface area contributed by atoms with E-state index < -0.39 is 22.5 Å². The van der Waals surface area contributed by atoms with Gasteiger partial charge < -0.3 is 71.2 Å². The smallest absolute Gasteiger partial charge is 0.327 e. The van der Waals surface area contributed by atoms with E-state index in [2.05, 4.69) is 10.6 Å². The van der Waals surface area contributed by atoms with Crippen molar-refractivity contribution < 1.29 is 57.4 Å². The molecule has 0 spiro atoms. The normalized spacial score (nSPS) is 16.3. The summed E-state index contributed by atoms with van der Waals surface area (Å²) >= 11 is 1.44. The molecule has 0 bridgehead atoms. The van der Waals surface area contributed by atoms with Crippen molar-refractivity contribution >= 4 is 107 Å². The Morgan fingerprint density at radius 1 is 0.607 bits per heavy atom. The number of hydrogen-bond acceptors (Lipinski definition) is 18. The Labute approximate surface area is 499 Å². The maximum Gasteiger partial charge on any atom is 0.327 e. The standard InChI is InChI=1S/C31H40BN6O7PS.C25H33N4O5P.C2H6/c32-38(34)30-22-10-4-3-9-21(22)20-37(24-12-6-5-11-23(24)29(30)33)27(40)13-15-35-26(39)14-16-36-28(41)19-25(31(36)42)47-18-8-2-1-7-17-45-46(43)44;26-24-19-10-4-3-9-18(19)17-29(21-12-6-5-11-20(21)25(24)27)23(31)14-13-22(30)28-15-7-1-2-8-16-34-35(32)33;1-2/h3-6,9-12,25,43-44H,1-2,7-8,13-20,33-34H2,(H,35,39);3-6,9-12,32-33H,1-2,7-8,13-17,26-27H2,(H,28,30);1-2H3/b30-29-;25-24-;. The van der Waals surface area contributed by atoms with Crippen LogP contribution in [0.15, 0.2) is 97.1 Å².